The van der Waals surface area contributed by atoms with Crippen LogP contribution in [0.15, 0.2) is 41.6 Å². The first-order chi connectivity index (χ1) is 9.15. The number of sulfonamides is 1. The van der Waals surface area contributed by atoms with E-state index in [2.05, 4.69) is 9.71 Å². The summed E-state index contributed by atoms with van der Waals surface area (Å²) in [5.74, 6) is 0. The number of rotatable bonds is 5. The average Bonchev–Trinajstić information content (AvgIpc) is 2.43. The molecular formula is C13H13N3O2S. The third kappa shape index (κ3) is 3.08. The zero-order valence-corrected chi connectivity index (χ0v) is 11.0. The van der Waals surface area contributed by atoms with Crippen molar-refractivity contribution in [1.29, 1.82) is 5.26 Å². The molecule has 0 spiro atoms. The Bertz CT molecular complexity index is 715. The van der Waals surface area contributed by atoms with Gasteiger partial charge in [-0.3, -0.25) is 4.98 Å². The van der Waals surface area contributed by atoms with Gasteiger partial charge in [0.25, 0.3) is 0 Å². The Kier molecular flexibility index (Phi) is 4.10. The van der Waals surface area contributed by atoms with Gasteiger partial charge in [0.15, 0.2) is 0 Å². The molecule has 1 heterocycles. The molecule has 0 aliphatic heterocycles. The van der Waals surface area contributed by atoms with Crippen molar-refractivity contribution in [3.63, 3.8) is 0 Å². The first-order valence-corrected chi connectivity index (χ1v) is 7.33. The fourth-order valence-electron chi connectivity index (χ4n) is 1.78. The van der Waals surface area contributed by atoms with Crippen LogP contribution in [0.5, 0.6) is 0 Å². The SMILES string of the molecule is N#CCCCNS(=O)(=O)c1cccc2cnccc12. The van der Waals surface area contributed by atoms with E-state index in [0.717, 1.165) is 5.39 Å². The number of nitriles is 1. The van der Waals surface area contributed by atoms with E-state index < -0.39 is 10.0 Å². The van der Waals surface area contributed by atoms with Gasteiger partial charge >= 0.3 is 0 Å². The van der Waals surface area contributed by atoms with E-state index in [0.29, 0.717) is 18.2 Å². The smallest absolute Gasteiger partial charge is 0.241 e. The van der Waals surface area contributed by atoms with Crippen LogP contribution in [0.3, 0.4) is 0 Å². The summed E-state index contributed by atoms with van der Waals surface area (Å²) in [6.45, 7) is 0.261. The summed E-state index contributed by atoms with van der Waals surface area (Å²) in [7, 11) is -3.55. The highest BCUT2D eigenvalue weighted by Crippen LogP contribution is 2.21. The Morgan fingerprint density at radius 2 is 2.16 bits per heavy atom. The fourth-order valence-corrected chi connectivity index (χ4v) is 3.08. The molecule has 0 atom stereocenters. The molecule has 6 heteroatoms. The third-order valence-corrected chi connectivity index (χ3v) is 4.21. The summed E-state index contributed by atoms with van der Waals surface area (Å²) in [5.41, 5.74) is 0. The van der Waals surface area contributed by atoms with Crippen LogP contribution < -0.4 is 4.72 Å². The van der Waals surface area contributed by atoms with Crippen LogP contribution in [-0.2, 0) is 10.0 Å². The molecule has 0 aliphatic rings. The van der Waals surface area contributed by atoms with Gasteiger partial charge in [-0.05, 0) is 18.6 Å². The maximum absolute atomic E-state index is 12.2. The monoisotopic (exact) mass is 275 g/mol. The Morgan fingerprint density at radius 1 is 1.32 bits per heavy atom. The quantitative estimate of drug-likeness (QED) is 0.844. The first kappa shape index (κ1) is 13.5. The number of aromatic nitrogens is 1. The van der Waals surface area contributed by atoms with E-state index in [1.165, 1.54) is 0 Å². The molecule has 2 rings (SSSR count). The number of hydrogen-bond donors (Lipinski definition) is 1. The van der Waals surface area contributed by atoms with Gasteiger partial charge in [-0.1, -0.05) is 12.1 Å². The number of nitrogens with zero attached hydrogens (tertiary/aromatic N) is 2. The molecule has 5 nitrogen and oxygen atoms in total. The molecular weight excluding hydrogens is 262 g/mol. The third-order valence-electron chi connectivity index (χ3n) is 2.69. The fraction of sp³-hybridized carbons (Fsp3) is 0.231. The van der Waals surface area contributed by atoms with E-state index in [1.807, 2.05) is 12.1 Å². The van der Waals surface area contributed by atoms with Gasteiger partial charge in [0.2, 0.25) is 10.0 Å². The molecule has 98 valence electrons. The molecule has 0 aliphatic carbocycles. The van der Waals surface area contributed by atoms with Gasteiger partial charge < -0.3 is 0 Å². The number of nitrogens with one attached hydrogen (secondary N) is 1. The van der Waals surface area contributed by atoms with Crippen molar-refractivity contribution in [2.45, 2.75) is 17.7 Å². The molecule has 1 N–H and O–H groups in total. The molecule has 0 radical (unpaired) electrons. The van der Waals surface area contributed by atoms with Gasteiger partial charge in [0.1, 0.15) is 0 Å². The minimum Gasteiger partial charge on any atom is -0.264 e. The summed E-state index contributed by atoms with van der Waals surface area (Å²) in [5, 5.41) is 9.84. The summed E-state index contributed by atoms with van der Waals surface area (Å²) in [6, 6.07) is 8.73. The van der Waals surface area contributed by atoms with Crippen LogP contribution in [0.1, 0.15) is 12.8 Å². The van der Waals surface area contributed by atoms with Crippen molar-refractivity contribution in [2.75, 3.05) is 6.54 Å². The summed E-state index contributed by atoms with van der Waals surface area (Å²) < 4.78 is 26.9. The Balaban J connectivity index is 2.31. The molecule has 2 aromatic rings. The lowest BCUT2D eigenvalue weighted by Crippen LogP contribution is -2.24. The van der Waals surface area contributed by atoms with Crippen molar-refractivity contribution < 1.29 is 8.42 Å². The van der Waals surface area contributed by atoms with Gasteiger partial charge in [-0.25, -0.2) is 13.1 Å². The highest BCUT2D eigenvalue weighted by atomic mass is 32.2. The van der Waals surface area contributed by atoms with Crippen molar-refractivity contribution in [2.24, 2.45) is 0 Å². The van der Waals surface area contributed by atoms with E-state index >= 15 is 0 Å². The standard InChI is InChI=1S/C13H13N3O2S/c14-7-1-2-8-16-19(17,18)13-5-3-4-11-10-15-9-6-12(11)13/h3-6,9-10,16H,1-2,8H2. The number of unbranched alkanes of at least 4 members (excludes halogenated alkanes) is 1. The summed E-state index contributed by atoms with van der Waals surface area (Å²) >= 11 is 0. The Labute approximate surface area is 111 Å². The predicted octanol–water partition coefficient (Wildman–Crippen LogP) is 1.82. The van der Waals surface area contributed by atoms with Crippen LogP contribution in [0, 0.1) is 11.3 Å². The van der Waals surface area contributed by atoms with Crippen LogP contribution in [-0.4, -0.2) is 19.9 Å². The molecule has 0 unspecified atom stereocenters. The topological polar surface area (TPSA) is 82.9 Å². The van der Waals surface area contributed by atoms with Gasteiger partial charge in [-0.15, -0.1) is 0 Å². The lowest BCUT2D eigenvalue weighted by atomic mass is 10.2. The normalized spacial score (nSPS) is 11.3. The van der Waals surface area contributed by atoms with Gasteiger partial charge in [-0.2, -0.15) is 5.26 Å². The van der Waals surface area contributed by atoms with Gasteiger partial charge in [0, 0.05) is 36.1 Å². The maximum Gasteiger partial charge on any atom is 0.241 e. The molecule has 1 aromatic carbocycles. The second-order valence-electron chi connectivity index (χ2n) is 4.01. The number of hydrogen-bond acceptors (Lipinski definition) is 4. The number of fused-ring (bicyclic) bond motifs is 1. The number of pyridine rings is 1. The second kappa shape index (κ2) is 5.78. The van der Waals surface area contributed by atoms with Crippen LogP contribution in [0.2, 0.25) is 0 Å². The van der Waals surface area contributed by atoms with E-state index in [-0.39, 0.29) is 11.4 Å². The molecule has 19 heavy (non-hydrogen) atoms. The molecule has 1 aromatic heterocycles. The van der Waals surface area contributed by atoms with Crippen molar-refractivity contribution in [3.05, 3.63) is 36.7 Å². The Morgan fingerprint density at radius 3 is 2.95 bits per heavy atom. The Hall–Kier alpha value is -1.97. The molecule has 0 saturated heterocycles. The van der Waals surface area contributed by atoms with Crippen LogP contribution >= 0.6 is 0 Å². The zero-order chi connectivity index (χ0) is 13.7. The van der Waals surface area contributed by atoms with E-state index in [1.54, 1.807) is 30.6 Å². The second-order valence-corrected chi connectivity index (χ2v) is 5.75. The summed E-state index contributed by atoms with van der Waals surface area (Å²) in [6.07, 6.45) is 4.03. The highest BCUT2D eigenvalue weighted by Gasteiger charge is 2.16. The molecule has 0 fully saturated rings. The highest BCUT2D eigenvalue weighted by molar-refractivity contribution is 7.89. The minimum absolute atomic E-state index is 0.240. The average molecular weight is 275 g/mol. The molecule has 0 saturated carbocycles. The largest absolute Gasteiger partial charge is 0.264 e. The molecule has 0 amide bonds. The lowest BCUT2D eigenvalue weighted by Gasteiger charge is -2.08. The lowest BCUT2D eigenvalue weighted by molar-refractivity contribution is 0.580. The van der Waals surface area contributed by atoms with Crippen LogP contribution in [0.4, 0.5) is 0 Å². The van der Waals surface area contributed by atoms with Crippen LogP contribution in [0.25, 0.3) is 10.8 Å². The number of benzene rings is 1. The first-order valence-electron chi connectivity index (χ1n) is 5.84. The van der Waals surface area contributed by atoms with Gasteiger partial charge in [0.05, 0.1) is 11.0 Å². The van der Waals surface area contributed by atoms with E-state index in [4.69, 9.17) is 5.26 Å². The minimum atomic E-state index is -3.55. The zero-order valence-electron chi connectivity index (χ0n) is 10.2. The maximum atomic E-state index is 12.2. The van der Waals surface area contributed by atoms with Crippen molar-refractivity contribution in [1.82, 2.24) is 9.71 Å². The molecule has 0 bridgehead atoms. The predicted molar refractivity (Wildman–Crippen MR) is 71.8 cm³/mol. The van der Waals surface area contributed by atoms with Crippen molar-refractivity contribution in [3.8, 4) is 6.07 Å². The summed E-state index contributed by atoms with van der Waals surface area (Å²) in [4.78, 5) is 4.21. The van der Waals surface area contributed by atoms with Crippen molar-refractivity contribution >= 4 is 20.8 Å². The van der Waals surface area contributed by atoms with E-state index in [9.17, 15) is 8.42 Å².